The number of benzene rings is 2. The van der Waals surface area contributed by atoms with Crippen molar-refractivity contribution < 1.29 is 23.8 Å². The topological polar surface area (TPSA) is 105 Å². The number of esters is 1. The summed E-state index contributed by atoms with van der Waals surface area (Å²) in [6.45, 7) is 1.21. The lowest BCUT2D eigenvalue weighted by molar-refractivity contribution is -0.119. The normalized spacial score (nSPS) is 15.7. The van der Waals surface area contributed by atoms with Crippen LogP contribution in [0.3, 0.4) is 0 Å². The van der Waals surface area contributed by atoms with E-state index in [2.05, 4.69) is 15.5 Å². The number of aryl methyl sites for hydroxylation is 1. The van der Waals surface area contributed by atoms with Crippen molar-refractivity contribution in [3.63, 3.8) is 0 Å². The van der Waals surface area contributed by atoms with Crippen LogP contribution in [0, 0.1) is 6.92 Å². The maximum atomic E-state index is 12.4. The fourth-order valence-corrected chi connectivity index (χ4v) is 3.93. The SMILES string of the molecule is Cc1nn(-c2ccccc2)nc1C(=O)OCC(=O)Nc1ccc2c(c1)OC1(CCCC1)O2. The van der Waals surface area contributed by atoms with E-state index in [1.54, 1.807) is 25.1 Å². The van der Waals surface area contributed by atoms with Gasteiger partial charge in [-0.1, -0.05) is 18.2 Å². The number of aromatic nitrogens is 3. The molecule has 1 saturated carbocycles. The van der Waals surface area contributed by atoms with E-state index in [0.29, 0.717) is 22.9 Å². The first-order valence-corrected chi connectivity index (χ1v) is 10.5. The van der Waals surface area contributed by atoms with Crippen LogP contribution in [0.1, 0.15) is 41.9 Å². The molecule has 32 heavy (non-hydrogen) atoms. The first kappa shape index (κ1) is 20.0. The summed E-state index contributed by atoms with van der Waals surface area (Å²) in [6.07, 6.45) is 3.85. The Morgan fingerprint density at radius 3 is 2.59 bits per heavy atom. The Kier molecular flexibility index (Phi) is 5.01. The number of anilines is 1. The van der Waals surface area contributed by atoms with Crippen molar-refractivity contribution >= 4 is 17.6 Å². The second-order valence-corrected chi connectivity index (χ2v) is 7.87. The molecule has 1 fully saturated rings. The molecule has 0 unspecified atom stereocenters. The zero-order chi connectivity index (χ0) is 22.1. The third-order valence-corrected chi connectivity index (χ3v) is 5.48. The minimum Gasteiger partial charge on any atom is -0.451 e. The van der Waals surface area contributed by atoms with E-state index in [1.165, 1.54) is 4.80 Å². The van der Waals surface area contributed by atoms with Gasteiger partial charge < -0.3 is 19.5 Å². The maximum absolute atomic E-state index is 12.4. The molecular weight excluding hydrogens is 412 g/mol. The molecule has 2 aliphatic rings. The molecule has 1 aromatic heterocycles. The minimum absolute atomic E-state index is 0.0617. The smallest absolute Gasteiger partial charge is 0.361 e. The number of para-hydroxylation sites is 1. The molecule has 3 aromatic rings. The molecule has 0 bridgehead atoms. The van der Waals surface area contributed by atoms with Crippen LogP contribution in [0.2, 0.25) is 0 Å². The van der Waals surface area contributed by atoms with Crippen LogP contribution in [-0.4, -0.2) is 39.3 Å². The summed E-state index contributed by atoms with van der Waals surface area (Å²) in [5.74, 6) is -0.465. The summed E-state index contributed by atoms with van der Waals surface area (Å²) in [7, 11) is 0. The van der Waals surface area contributed by atoms with Gasteiger partial charge in [0.2, 0.25) is 0 Å². The van der Waals surface area contributed by atoms with Crippen LogP contribution in [0.4, 0.5) is 5.69 Å². The highest BCUT2D eigenvalue weighted by atomic mass is 16.7. The molecule has 0 saturated heterocycles. The Hall–Kier alpha value is -3.88. The number of hydrogen-bond acceptors (Lipinski definition) is 7. The summed E-state index contributed by atoms with van der Waals surface area (Å²) in [5.41, 5.74) is 1.73. The first-order chi connectivity index (χ1) is 15.5. The van der Waals surface area contributed by atoms with Gasteiger partial charge in [0.15, 0.2) is 23.8 Å². The summed E-state index contributed by atoms with van der Waals surface area (Å²) < 4.78 is 17.1. The summed E-state index contributed by atoms with van der Waals surface area (Å²) >= 11 is 0. The number of rotatable bonds is 5. The van der Waals surface area contributed by atoms with Crippen molar-refractivity contribution in [3.8, 4) is 17.2 Å². The Morgan fingerprint density at radius 1 is 1.06 bits per heavy atom. The standard InChI is InChI=1S/C23H22N4O5/c1-15-21(26-27(25-15)17-7-3-2-4-8-17)22(29)30-14-20(28)24-16-9-10-18-19(13-16)32-23(31-18)11-5-6-12-23/h2-4,7-10,13H,5-6,11-12,14H2,1H3,(H,24,28). The second kappa shape index (κ2) is 7.99. The van der Waals surface area contributed by atoms with Crippen LogP contribution < -0.4 is 14.8 Å². The number of fused-ring (bicyclic) bond motifs is 1. The van der Waals surface area contributed by atoms with Crippen molar-refractivity contribution in [1.82, 2.24) is 15.0 Å². The number of carbonyl (C=O) groups is 2. The van der Waals surface area contributed by atoms with Crippen LogP contribution in [0.25, 0.3) is 5.69 Å². The summed E-state index contributed by atoms with van der Waals surface area (Å²) in [5, 5.41) is 11.1. The predicted octanol–water partition coefficient (Wildman–Crippen LogP) is 3.41. The summed E-state index contributed by atoms with van der Waals surface area (Å²) in [6, 6.07) is 14.4. The maximum Gasteiger partial charge on any atom is 0.361 e. The molecule has 164 valence electrons. The van der Waals surface area contributed by atoms with Gasteiger partial charge in [-0.2, -0.15) is 9.90 Å². The molecule has 1 amide bonds. The van der Waals surface area contributed by atoms with Crippen molar-refractivity contribution in [1.29, 1.82) is 0 Å². The number of ether oxygens (including phenoxy) is 3. The molecule has 2 aromatic carbocycles. The molecule has 1 aliphatic carbocycles. The van der Waals surface area contributed by atoms with Gasteiger partial charge in [0.1, 0.15) is 0 Å². The van der Waals surface area contributed by atoms with Crippen LogP contribution in [0.15, 0.2) is 48.5 Å². The average molecular weight is 434 g/mol. The lowest BCUT2D eigenvalue weighted by Gasteiger charge is -2.21. The lowest BCUT2D eigenvalue weighted by Crippen LogP contribution is -2.34. The number of amides is 1. The largest absolute Gasteiger partial charge is 0.451 e. The average Bonchev–Trinajstić information content (AvgIpc) is 3.51. The monoisotopic (exact) mass is 434 g/mol. The van der Waals surface area contributed by atoms with Crippen LogP contribution in [0.5, 0.6) is 11.5 Å². The van der Waals surface area contributed by atoms with E-state index >= 15 is 0 Å². The van der Waals surface area contributed by atoms with Crippen LogP contribution in [-0.2, 0) is 9.53 Å². The highest BCUT2D eigenvalue weighted by Gasteiger charge is 2.44. The number of hydrogen-bond donors (Lipinski definition) is 1. The third kappa shape index (κ3) is 3.89. The van der Waals surface area contributed by atoms with E-state index in [1.807, 2.05) is 30.3 Å². The molecular formula is C23H22N4O5. The Bertz CT molecular complexity index is 1170. The van der Waals surface area contributed by atoms with Crippen LogP contribution >= 0.6 is 0 Å². The number of nitrogens with zero attached hydrogens (tertiary/aromatic N) is 3. The molecule has 1 spiro atoms. The zero-order valence-electron chi connectivity index (χ0n) is 17.5. The highest BCUT2D eigenvalue weighted by molar-refractivity contribution is 5.95. The van der Waals surface area contributed by atoms with Gasteiger partial charge in [0.25, 0.3) is 11.7 Å². The fourth-order valence-electron chi connectivity index (χ4n) is 3.93. The Balaban J connectivity index is 1.18. The van der Waals surface area contributed by atoms with Gasteiger partial charge in [-0.25, -0.2) is 4.79 Å². The molecule has 9 heteroatoms. The first-order valence-electron chi connectivity index (χ1n) is 10.5. The van der Waals surface area contributed by atoms with E-state index < -0.39 is 24.3 Å². The predicted molar refractivity (Wildman–Crippen MR) is 114 cm³/mol. The van der Waals surface area contributed by atoms with E-state index in [0.717, 1.165) is 31.4 Å². The lowest BCUT2D eigenvalue weighted by atomic mass is 10.2. The summed E-state index contributed by atoms with van der Waals surface area (Å²) in [4.78, 5) is 26.1. The van der Waals surface area contributed by atoms with Crippen molar-refractivity contribution in [2.45, 2.75) is 38.4 Å². The van der Waals surface area contributed by atoms with Gasteiger partial charge in [-0.3, -0.25) is 4.79 Å². The third-order valence-electron chi connectivity index (χ3n) is 5.48. The molecule has 9 nitrogen and oxygen atoms in total. The molecule has 2 heterocycles. The number of nitrogens with one attached hydrogen (secondary N) is 1. The Labute approximate surface area is 184 Å². The quantitative estimate of drug-likeness (QED) is 0.614. The fraction of sp³-hybridized carbons (Fsp3) is 0.304. The second-order valence-electron chi connectivity index (χ2n) is 7.87. The number of carbonyl (C=O) groups excluding carboxylic acids is 2. The van der Waals surface area contributed by atoms with Crippen molar-refractivity contribution in [3.05, 3.63) is 59.9 Å². The minimum atomic E-state index is -0.714. The Morgan fingerprint density at radius 2 is 1.81 bits per heavy atom. The van der Waals surface area contributed by atoms with Crippen molar-refractivity contribution in [2.24, 2.45) is 0 Å². The van der Waals surface area contributed by atoms with Gasteiger partial charge in [-0.15, -0.1) is 5.10 Å². The van der Waals surface area contributed by atoms with Gasteiger partial charge in [-0.05, 0) is 44.0 Å². The van der Waals surface area contributed by atoms with Gasteiger partial charge in [0, 0.05) is 24.6 Å². The van der Waals surface area contributed by atoms with E-state index in [9.17, 15) is 9.59 Å². The van der Waals surface area contributed by atoms with Gasteiger partial charge in [0.05, 0.1) is 11.4 Å². The van der Waals surface area contributed by atoms with E-state index in [-0.39, 0.29) is 5.69 Å². The molecule has 1 aliphatic heterocycles. The van der Waals surface area contributed by atoms with Crippen molar-refractivity contribution in [2.75, 3.05) is 11.9 Å². The zero-order valence-corrected chi connectivity index (χ0v) is 17.5. The molecule has 0 atom stereocenters. The van der Waals surface area contributed by atoms with Gasteiger partial charge >= 0.3 is 5.97 Å². The molecule has 5 rings (SSSR count). The molecule has 1 N–H and O–H groups in total. The van der Waals surface area contributed by atoms with E-state index in [4.69, 9.17) is 14.2 Å². The highest BCUT2D eigenvalue weighted by Crippen LogP contribution is 2.47. The molecule has 0 radical (unpaired) electrons.